The number of nitrogens with one attached hydrogen (secondary N) is 1. The zero-order chi connectivity index (χ0) is 15.6. The molecule has 0 radical (unpaired) electrons. The molecule has 0 aliphatic rings. The number of sulfonamides is 1. The van der Waals surface area contributed by atoms with Crippen LogP contribution in [0.3, 0.4) is 0 Å². The van der Waals surface area contributed by atoms with E-state index in [0.717, 1.165) is 5.56 Å². The normalized spacial score (nSPS) is 11.1. The molecule has 4 nitrogen and oxygen atoms in total. The molecule has 0 amide bonds. The van der Waals surface area contributed by atoms with E-state index in [4.69, 9.17) is 29.6 Å². The average molecular weight is 341 g/mol. The number of aryl methyl sites for hydroxylation is 1. The largest absolute Gasteiger partial charge is 0.389 e. The van der Waals surface area contributed by atoms with E-state index in [9.17, 15) is 8.42 Å². The third-order valence-corrected chi connectivity index (χ3v) is 4.72. The van der Waals surface area contributed by atoms with E-state index >= 15 is 0 Å². The summed E-state index contributed by atoms with van der Waals surface area (Å²) in [6.07, 6.45) is 0. The van der Waals surface area contributed by atoms with Gasteiger partial charge in [-0.3, -0.25) is 4.72 Å². The van der Waals surface area contributed by atoms with Gasteiger partial charge in [-0.1, -0.05) is 42.0 Å². The molecule has 0 aliphatic heterocycles. The second-order valence-corrected chi connectivity index (χ2v) is 7.01. The molecular formula is C14H13ClN2O2S2. The number of hydrogen-bond donors (Lipinski definition) is 2. The van der Waals surface area contributed by atoms with Gasteiger partial charge in [0.1, 0.15) is 4.99 Å². The molecule has 0 heterocycles. The van der Waals surface area contributed by atoms with Crippen LogP contribution in [-0.2, 0) is 10.0 Å². The molecule has 0 atom stereocenters. The second-order valence-electron chi connectivity index (χ2n) is 4.48. The molecule has 2 rings (SSSR count). The van der Waals surface area contributed by atoms with Gasteiger partial charge >= 0.3 is 0 Å². The van der Waals surface area contributed by atoms with Gasteiger partial charge in [0.2, 0.25) is 0 Å². The molecule has 0 aliphatic carbocycles. The Morgan fingerprint density at radius 3 is 2.62 bits per heavy atom. The summed E-state index contributed by atoms with van der Waals surface area (Å²) in [6, 6.07) is 11.2. The van der Waals surface area contributed by atoms with Gasteiger partial charge in [-0.15, -0.1) is 0 Å². The Balaban J connectivity index is 2.41. The topological polar surface area (TPSA) is 72.2 Å². The first-order chi connectivity index (χ1) is 9.79. The molecule has 21 heavy (non-hydrogen) atoms. The fourth-order valence-corrected chi connectivity index (χ4v) is 3.20. The number of halogens is 1. The molecule has 0 saturated carbocycles. The van der Waals surface area contributed by atoms with E-state index in [2.05, 4.69) is 4.72 Å². The van der Waals surface area contributed by atoms with Gasteiger partial charge in [0.15, 0.2) is 0 Å². The number of thiocarbonyl (C=S) groups is 1. The van der Waals surface area contributed by atoms with Crippen LogP contribution in [0.15, 0.2) is 47.4 Å². The van der Waals surface area contributed by atoms with Crippen molar-refractivity contribution in [3.8, 4) is 0 Å². The molecular weight excluding hydrogens is 328 g/mol. The Morgan fingerprint density at radius 2 is 1.95 bits per heavy atom. The van der Waals surface area contributed by atoms with Gasteiger partial charge < -0.3 is 5.73 Å². The van der Waals surface area contributed by atoms with Crippen LogP contribution in [0.1, 0.15) is 11.1 Å². The van der Waals surface area contributed by atoms with E-state index in [1.807, 2.05) is 6.92 Å². The number of rotatable bonds is 4. The summed E-state index contributed by atoms with van der Waals surface area (Å²) in [5.41, 5.74) is 7.23. The Labute approximate surface area is 134 Å². The van der Waals surface area contributed by atoms with Crippen LogP contribution in [0.2, 0.25) is 5.02 Å². The van der Waals surface area contributed by atoms with Crippen LogP contribution in [0.4, 0.5) is 5.69 Å². The lowest BCUT2D eigenvalue weighted by Crippen LogP contribution is -2.15. The van der Waals surface area contributed by atoms with E-state index in [1.54, 1.807) is 30.3 Å². The van der Waals surface area contributed by atoms with E-state index in [-0.39, 0.29) is 9.88 Å². The Bertz CT molecular complexity index is 804. The molecule has 0 aromatic heterocycles. The molecule has 0 unspecified atom stereocenters. The molecule has 0 bridgehead atoms. The third-order valence-electron chi connectivity index (χ3n) is 2.80. The van der Waals surface area contributed by atoms with Crippen LogP contribution < -0.4 is 10.5 Å². The minimum absolute atomic E-state index is 0.0744. The zero-order valence-electron chi connectivity index (χ0n) is 11.1. The predicted molar refractivity (Wildman–Crippen MR) is 89.3 cm³/mol. The summed E-state index contributed by atoms with van der Waals surface area (Å²) < 4.78 is 27.2. The first kappa shape index (κ1) is 15.8. The summed E-state index contributed by atoms with van der Waals surface area (Å²) in [7, 11) is -3.76. The maximum atomic E-state index is 12.4. The van der Waals surface area contributed by atoms with Crippen molar-refractivity contribution in [1.29, 1.82) is 0 Å². The minimum Gasteiger partial charge on any atom is -0.389 e. The lowest BCUT2D eigenvalue weighted by atomic mass is 10.2. The van der Waals surface area contributed by atoms with Crippen molar-refractivity contribution in [3.63, 3.8) is 0 Å². The highest BCUT2D eigenvalue weighted by atomic mass is 35.5. The van der Waals surface area contributed by atoms with Crippen molar-refractivity contribution in [1.82, 2.24) is 0 Å². The van der Waals surface area contributed by atoms with Gasteiger partial charge in [0.05, 0.1) is 15.6 Å². The first-order valence-corrected chi connectivity index (χ1v) is 8.25. The molecule has 7 heteroatoms. The summed E-state index contributed by atoms with van der Waals surface area (Å²) >= 11 is 10.9. The van der Waals surface area contributed by atoms with Crippen molar-refractivity contribution < 1.29 is 8.42 Å². The molecule has 2 aromatic rings. The Kier molecular flexibility index (Phi) is 4.51. The standard InChI is InChI=1S/C14H13ClN2O2S2/c1-9-5-6-12(15)13(7-9)17-21(18,19)11-4-2-3-10(8-11)14(16)20/h2-8,17H,1H3,(H2,16,20). The SMILES string of the molecule is Cc1ccc(Cl)c(NS(=O)(=O)c2cccc(C(N)=S)c2)c1. The average Bonchev–Trinajstić information content (AvgIpc) is 2.43. The number of hydrogen-bond acceptors (Lipinski definition) is 3. The number of benzene rings is 2. The van der Waals surface area contributed by atoms with Crippen molar-refractivity contribution in [2.24, 2.45) is 5.73 Å². The van der Waals surface area contributed by atoms with Crippen LogP contribution in [0.5, 0.6) is 0 Å². The summed E-state index contributed by atoms with van der Waals surface area (Å²) in [5, 5.41) is 0.328. The summed E-state index contributed by atoms with van der Waals surface area (Å²) in [4.78, 5) is 0.214. The van der Waals surface area contributed by atoms with Crippen molar-refractivity contribution in [3.05, 3.63) is 58.6 Å². The first-order valence-electron chi connectivity index (χ1n) is 5.98. The second kappa shape index (κ2) is 6.01. The van der Waals surface area contributed by atoms with Crippen molar-refractivity contribution >= 4 is 44.5 Å². The Hall–Kier alpha value is -1.63. The molecule has 2 aromatic carbocycles. The van der Waals surface area contributed by atoms with Crippen LogP contribution >= 0.6 is 23.8 Å². The highest BCUT2D eigenvalue weighted by Crippen LogP contribution is 2.25. The molecule has 0 spiro atoms. The Morgan fingerprint density at radius 1 is 1.24 bits per heavy atom. The lowest BCUT2D eigenvalue weighted by Gasteiger charge is -2.11. The van der Waals surface area contributed by atoms with Gasteiger partial charge in [-0.25, -0.2) is 8.42 Å². The van der Waals surface area contributed by atoms with Crippen molar-refractivity contribution in [2.75, 3.05) is 4.72 Å². The van der Waals surface area contributed by atoms with Gasteiger partial charge in [0.25, 0.3) is 10.0 Å². The summed E-state index contributed by atoms with van der Waals surface area (Å²) in [6.45, 7) is 1.85. The van der Waals surface area contributed by atoms with E-state index < -0.39 is 10.0 Å². The summed E-state index contributed by atoms with van der Waals surface area (Å²) in [5.74, 6) is 0. The van der Waals surface area contributed by atoms with Crippen LogP contribution in [-0.4, -0.2) is 13.4 Å². The highest BCUT2D eigenvalue weighted by molar-refractivity contribution is 7.92. The fourth-order valence-electron chi connectivity index (χ4n) is 1.74. The number of anilines is 1. The molecule has 110 valence electrons. The smallest absolute Gasteiger partial charge is 0.261 e. The number of nitrogens with two attached hydrogens (primary N) is 1. The van der Waals surface area contributed by atoms with Crippen LogP contribution in [0.25, 0.3) is 0 Å². The predicted octanol–water partition coefficient (Wildman–Crippen LogP) is 3.08. The maximum Gasteiger partial charge on any atom is 0.261 e. The monoisotopic (exact) mass is 340 g/mol. The van der Waals surface area contributed by atoms with Crippen molar-refractivity contribution in [2.45, 2.75) is 11.8 Å². The molecule has 3 N–H and O–H groups in total. The highest BCUT2D eigenvalue weighted by Gasteiger charge is 2.16. The van der Waals surface area contributed by atoms with Gasteiger partial charge in [0, 0.05) is 5.56 Å². The quantitative estimate of drug-likeness (QED) is 0.839. The molecule has 0 fully saturated rings. The maximum absolute atomic E-state index is 12.4. The van der Waals surface area contributed by atoms with Crippen LogP contribution in [0, 0.1) is 6.92 Å². The third kappa shape index (κ3) is 3.72. The minimum atomic E-state index is -3.76. The van der Waals surface area contributed by atoms with E-state index in [1.165, 1.54) is 12.1 Å². The van der Waals surface area contributed by atoms with E-state index in [0.29, 0.717) is 16.3 Å². The van der Waals surface area contributed by atoms with Gasteiger partial charge in [-0.05, 0) is 36.8 Å². The van der Waals surface area contributed by atoms with Gasteiger partial charge in [-0.2, -0.15) is 0 Å². The zero-order valence-corrected chi connectivity index (χ0v) is 13.5. The molecule has 0 saturated heterocycles. The lowest BCUT2D eigenvalue weighted by molar-refractivity contribution is 0.601. The fraction of sp³-hybridized carbons (Fsp3) is 0.0714.